The monoisotopic (exact) mass is 317 g/mol. The second-order valence-electron chi connectivity index (χ2n) is 4.40. The highest BCUT2D eigenvalue weighted by Gasteiger charge is 1.89. The zero-order chi connectivity index (χ0) is 13.9. The van der Waals surface area contributed by atoms with Gasteiger partial charge in [0.25, 0.3) is 0 Å². The third-order valence-corrected chi connectivity index (χ3v) is 3.13. The molecule has 1 nitrogen and oxygen atoms in total. The van der Waals surface area contributed by atoms with Gasteiger partial charge in [0.15, 0.2) is 0 Å². The van der Waals surface area contributed by atoms with Gasteiger partial charge in [0.05, 0.1) is 0 Å². The van der Waals surface area contributed by atoms with Crippen molar-refractivity contribution in [3.63, 3.8) is 0 Å². The average molecular weight is 318 g/mol. The lowest BCUT2D eigenvalue weighted by atomic mass is 10.1. The summed E-state index contributed by atoms with van der Waals surface area (Å²) in [6.07, 6.45) is 15.0. The predicted octanol–water partition coefficient (Wildman–Crippen LogP) is 5.47. The maximum Gasteiger partial charge on any atom is 0.0135 e. The summed E-state index contributed by atoms with van der Waals surface area (Å²) in [6.45, 7) is 11.1. The van der Waals surface area contributed by atoms with Gasteiger partial charge in [0.1, 0.15) is 0 Å². The number of alkyl halides is 1. The molecule has 0 rings (SSSR count). The zero-order valence-electron chi connectivity index (χ0n) is 12.2. The average Bonchev–Trinajstić information content (AvgIpc) is 2.39. The number of hydrogen-bond donors (Lipinski definition) is 1. The summed E-state index contributed by atoms with van der Waals surface area (Å²) in [4.78, 5) is 0. The first-order valence-electron chi connectivity index (χ1n) is 7.31. The van der Waals surface area contributed by atoms with Crippen LogP contribution in [0.3, 0.4) is 0 Å². The fourth-order valence-electron chi connectivity index (χ4n) is 1.52. The first-order valence-corrected chi connectivity index (χ1v) is 8.44. The van der Waals surface area contributed by atoms with Gasteiger partial charge in [-0.05, 0) is 6.42 Å². The minimum absolute atomic E-state index is 0.867. The summed E-state index contributed by atoms with van der Waals surface area (Å²) in [6, 6.07) is 0. The van der Waals surface area contributed by atoms with E-state index in [1.165, 1.54) is 56.7 Å². The molecule has 0 saturated carbocycles. The molecule has 0 fully saturated rings. The topological polar surface area (TPSA) is 12.0 Å². The van der Waals surface area contributed by atoms with E-state index in [-0.39, 0.29) is 0 Å². The Morgan fingerprint density at radius 2 is 1.28 bits per heavy atom. The molecule has 0 aromatic carbocycles. The van der Waals surface area contributed by atoms with Crippen LogP contribution < -0.4 is 5.32 Å². The third-order valence-electron chi connectivity index (χ3n) is 2.56. The third kappa shape index (κ3) is 24.9. The molecule has 0 heterocycles. The predicted molar refractivity (Wildman–Crippen MR) is 89.7 cm³/mol. The summed E-state index contributed by atoms with van der Waals surface area (Å²) >= 11 is 3.44. The standard InChI is InChI=1S/C10H21Br.C6H11N/c1-2-3-4-5-6-7-8-9-10-11;1-3-5-7-6-4-2/h2-10H2,1H3;3-4,7H,1-2,5-6H2. The van der Waals surface area contributed by atoms with E-state index in [1.54, 1.807) is 0 Å². The molecule has 0 aromatic rings. The Morgan fingerprint density at radius 3 is 1.67 bits per heavy atom. The first kappa shape index (κ1) is 20.2. The molecule has 2 heteroatoms. The molecule has 0 aromatic heterocycles. The Morgan fingerprint density at radius 1 is 0.833 bits per heavy atom. The second kappa shape index (κ2) is 22.1. The molecule has 0 spiro atoms. The molecular weight excluding hydrogens is 286 g/mol. The fraction of sp³-hybridized carbons (Fsp3) is 0.750. The normalized spacial score (nSPS) is 9.44. The lowest BCUT2D eigenvalue weighted by Gasteiger charge is -1.98. The molecule has 0 radical (unpaired) electrons. The molecule has 0 amide bonds. The van der Waals surface area contributed by atoms with Gasteiger partial charge >= 0.3 is 0 Å². The first-order chi connectivity index (χ1) is 8.83. The van der Waals surface area contributed by atoms with Crippen LogP contribution in [0.2, 0.25) is 0 Å². The van der Waals surface area contributed by atoms with Crippen molar-refractivity contribution in [3.8, 4) is 0 Å². The Kier molecular flexibility index (Phi) is 24.9. The van der Waals surface area contributed by atoms with Crippen LogP contribution in [0.4, 0.5) is 0 Å². The van der Waals surface area contributed by atoms with E-state index in [9.17, 15) is 0 Å². The smallest absolute Gasteiger partial charge is 0.0135 e. The van der Waals surface area contributed by atoms with Gasteiger partial charge in [-0.15, -0.1) is 13.2 Å². The molecule has 1 N–H and O–H groups in total. The van der Waals surface area contributed by atoms with Gasteiger partial charge in [0, 0.05) is 18.4 Å². The fourth-order valence-corrected chi connectivity index (χ4v) is 1.91. The molecule has 0 atom stereocenters. The largest absolute Gasteiger partial charge is 0.310 e. The van der Waals surface area contributed by atoms with Crippen molar-refractivity contribution in [2.45, 2.75) is 58.3 Å². The Labute approximate surface area is 123 Å². The van der Waals surface area contributed by atoms with Crippen molar-refractivity contribution < 1.29 is 0 Å². The highest BCUT2D eigenvalue weighted by molar-refractivity contribution is 9.09. The number of rotatable bonds is 12. The van der Waals surface area contributed by atoms with Gasteiger partial charge in [-0.2, -0.15) is 0 Å². The van der Waals surface area contributed by atoms with Crippen LogP contribution in [-0.4, -0.2) is 18.4 Å². The molecule has 0 aliphatic rings. The molecule has 0 unspecified atom stereocenters. The Bertz CT molecular complexity index is 141. The van der Waals surface area contributed by atoms with E-state index in [4.69, 9.17) is 0 Å². The lowest BCUT2D eigenvalue weighted by Crippen LogP contribution is -2.11. The summed E-state index contributed by atoms with van der Waals surface area (Å²) in [5.74, 6) is 0. The maximum atomic E-state index is 3.54. The van der Waals surface area contributed by atoms with E-state index in [0.29, 0.717) is 0 Å². The van der Waals surface area contributed by atoms with E-state index in [0.717, 1.165) is 13.1 Å². The maximum absolute atomic E-state index is 3.54. The molecule has 0 aliphatic heterocycles. The molecule has 108 valence electrons. The van der Waals surface area contributed by atoms with Crippen molar-refractivity contribution in [2.24, 2.45) is 0 Å². The molecule has 0 bridgehead atoms. The number of halogens is 1. The van der Waals surface area contributed by atoms with Crippen molar-refractivity contribution in [1.29, 1.82) is 0 Å². The second-order valence-corrected chi connectivity index (χ2v) is 5.19. The van der Waals surface area contributed by atoms with Crippen molar-refractivity contribution in [2.75, 3.05) is 18.4 Å². The van der Waals surface area contributed by atoms with Crippen molar-refractivity contribution in [3.05, 3.63) is 25.3 Å². The van der Waals surface area contributed by atoms with Gasteiger partial charge in [0.2, 0.25) is 0 Å². The van der Waals surface area contributed by atoms with E-state index in [2.05, 4.69) is 41.3 Å². The van der Waals surface area contributed by atoms with Crippen LogP contribution in [0.25, 0.3) is 0 Å². The van der Waals surface area contributed by atoms with Crippen LogP contribution in [-0.2, 0) is 0 Å². The van der Waals surface area contributed by atoms with Crippen LogP contribution in [0.5, 0.6) is 0 Å². The SMILES string of the molecule is C=CCNCC=C.CCCCCCCCCCBr. The molecule has 18 heavy (non-hydrogen) atoms. The molecule has 0 aliphatic carbocycles. The quantitative estimate of drug-likeness (QED) is 0.286. The van der Waals surface area contributed by atoms with Gasteiger partial charge < -0.3 is 5.32 Å². The summed E-state index contributed by atoms with van der Waals surface area (Å²) in [7, 11) is 0. The highest BCUT2D eigenvalue weighted by atomic mass is 79.9. The minimum atomic E-state index is 0.867. The molecular formula is C16H32BrN. The van der Waals surface area contributed by atoms with Crippen LogP contribution in [0.1, 0.15) is 58.3 Å². The van der Waals surface area contributed by atoms with Crippen LogP contribution in [0, 0.1) is 0 Å². The van der Waals surface area contributed by atoms with Gasteiger partial charge in [-0.3, -0.25) is 0 Å². The van der Waals surface area contributed by atoms with Crippen molar-refractivity contribution in [1.82, 2.24) is 5.32 Å². The summed E-state index contributed by atoms with van der Waals surface area (Å²) < 4.78 is 0. The van der Waals surface area contributed by atoms with Gasteiger partial charge in [-0.1, -0.05) is 80.0 Å². The lowest BCUT2D eigenvalue weighted by molar-refractivity contribution is 0.587. The highest BCUT2D eigenvalue weighted by Crippen LogP contribution is 2.08. The Balaban J connectivity index is 0. The van der Waals surface area contributed by atoms with Crippen LogP contribution in [0.15, 0.2) is 25.3 Å². The number of hydrogen-bond acceptors (Lipinski definition) is 1. The summed E-state index contributed by atoms with van der Waals surface area (Å²) in [5.41, 5.74) is 0. The minimum Gasteiger partial charge on any atom is -0.310 e. The van der Waals surface area contributed by atoms with E-state index >= 15 is 0 Å². The van der Waals surface area contributed by atoms with E-state index < -0.39 is 0 Å². The Hall–Kier alpha value is -0.0800. The number of nitrogens with one attached hydrogen (secondary N) is 1. The summed E-state index contributed by atoms with van der Waals surface area (Å²) in [5, 5.41) is 4.23. The van der Waals surface area contributed by atoms with Gasteiger partial charge in [-0.25, -0.2) is 0 Å². The van der Waals surface area contributed by atoms with Crippen molar-refractivity contribution >= 4 is 15.9 Å². The number of unbranched alkanes of at least 4 members (excludes halogenated alkanes) is 7. The molecule has 0 saturated heterocycles. The van der Waals surface area contributed by atoms with E-state index in [1.807, 2.05) is 12.2 Å². The van der Waals surface area contributed by atoms with Crippen LogP contribution >= 0.6 is 15.9 Å². The zero-order valence-corrected chi connectivity index (χ0v) is 13.8.